The van der Waals surface area contributed by atoms with Crippen molar-refractivity contribution in [3.63, 3.8) is 0 Å². The molecule has 0 rings (SSSR count). The maximum absolute atomic E-state index is 5.17. The van der Waals surface area contributed by atoms with E-state index in [9.17, 15) is 0 Å². The third kappa shape index (κ3) is 4.83. The summed E-state index contributed by atoms with van der Waals surface area (Å²) in [4.78, 5) is 0. The average Bonchev–Trinajstić information content (AvgIpc) is 1.41. The Balaban J connectivity index is 2.19. The van der Waals surface area contributed by atoms with Crippen molar-refractivity contribution in [2.24, 2.45) is 5.73 Å². The minimum atomic E-state index is 0.896. The molecule has 30 valence electrons. The summed E-state index contributed by atoms with van der Waals surface area (Å²) in [5.74, 6) is 0. The van der Waals surface area contributed by atoms with Gasteiger partial charge in [-0.05, 0) is 0 Å². The van der Waals surface area contributed by atoms with Gasteiger partial charge in [0.1, 0.15) is 0 Å². The Hall–Kier alpha value is 0.830. The molecule has 0 spiro atoms. The molecule has 1 nitrogen and oxygen atoms in total. The van der Waals surface area contributed by atoms with Gasteiger partial charge in [-0.2, -0.15) is 0 Å². The van der Waals surface area contributed by atoms with Gasteiger partial charge in [0.15, 0.2) is 0 Å². The Kier molecular flexibility index (Phi) is 5.63. The molecule has 0 aliphatic rings. The van der Waals surface area contributed by atoms with Gasteiger partial charge in [-0.3, -0.25) is 0 Å². The van der Waals surface area contributed by atoms with E-state index in [4.69, 9.17) is 5.73 Å². The predicted octanol–water partition coefficient (Wildman–Crippen LogP) is -0.613. The van der Waals surface area contributed by atoms with E-state index >= 15 is 0 Å². The van der Waals surface area contributed by atoms with Gasteiger partial charge in [0.05, 0.1) is 0 Å². The van der Waals surface area contributed by atoms with Crippen LogP contribution >= 0.6 is 0 Å². The van der Waals surface area contributed by atoms with Crippen molar-refractivity contribution in [3.8, 4) is 0 Å². The first-order valence-corrected chi connectivity index (χ1v) is 6.15. The van der Waals surface area contributed by atoms with Crippen molar-refractivity contribution in [1.29, 1.82) is 0 Å². The van der Waals surface area contributed by atoms with Crippen LogP contribution in [-0.2, 0) is 0 Å². The molecule has 0 radical (unpaired) electrons. The first-order chi connectivity index (χ1) is 2.41. The van der Waals surface area contributed by atoms with Gasteiger partial charge in [-0.1, -0.05) is 0 Å². The van der Waals surface area contributed by atoms with Crippen LogP contribution in [0.25, 0.3) is 0 Å². The van der Waals surface area contributed by atoms with E-state index in [1.165, 1.54) is 10.6 Å². The fraction of sp³-hybridized carbons (Fsp3) is 1.00. The van der Waals surface area contributed by atoms with Gasteiger partial charge in [-0.15, -0.1) is 0 Å². The zero-order chi connectivity index (χ0) is 4.12. The zero-order valence-electron chi connectivity index (χ0n) is 3.70. The van der Waals surface area contributed by atoms with E-state index in [1.807, 2.05) is 0 Å². The van der Waals surface area contributed by atoms with Crippen LogP contribution in [0.5, 0.6) is 0 Å². The number of rotatable bonds is 2. The van der Waals surface area contributed by atoms with E-state index in [2.05, 4.69) is 0 Å². The topological polar surface area (TPSA) is 26.0 Å². The zero-order valence-corrected chi connectivity index (χ0v) is 9.41. The molecule has 0 saturated heterocycles. The minimum absolute atomic E-state index is 0.896. The van der Waals surface area contributed by atoms with Crippen LogP contribution in [0.15, 0.2) is 0 Å². The number of hydrogen-bond donors (Lipinski definition) is 1. The van der Waals surface area contributed by atoms with Crippen molar-refractivity contribution >= 4 is 24.4 Å². The van der Waals surface area contributed by atoms with Crippen molar-refractivity contribution in [1.82, 2.24) is 0 Å². The monoisotopic (exact) mass is 175 g/mol. The standard InChI is InChI=1S/C3H8N.In.2H/c1-2-3-4;;;/h1-4H2;;;. The molecule has 0 fully saturated rings. The molecule has 0 amide bonds. The third-order valence-corrected chi connectivity index (χ3v) is 2.58. The predicted molar refractivity (Wildman–Crippen MR) is 27.0 cm³/mol. The molecule has 0 aliphatic carbocycles. The van der Waals surface area contributed by atoms with E-state index < -0.39 is 0 Å². The van der Waals surface area contributed by atoms with Gasteiger partial charge in [-0.25, -0.2) is 0 Å². The Bertz CT molecular complexity index is 14.4. The van der Waals surface area contributed by atoms with Gasteiger partial charge in [0, 0.05) is 0 Å². The van der Waals surface area contributed by atoms with Gasteiger partial charge in [0.2, 0.25) is 0 Å². The van der Waals surface area contributed by atoms with Crippen molar-refractivity contribution in [2.75, 3.05) is 6.54 Å². The van der Waals surface area contributed by atoms with Crippen molar-refractivity contribution in [3.05, 3.63) is 0 Å². The average molecular weight is 175 g/mol. The Morgan fingerprint density at radius 1 is 1.60 bits per heavy atom. The molecule has 0 aromatic carbocycles. The molecule has 0 aromatic rings. The molecule has 0 bridgehead atoms. The summed E-state index contributed by atoms with van der Waals surface area (Å²) < 4.78 is 1.43. The molecule has 0 saturated carbocycles. The molecule has 0 atom stereocenters. The van der Waals surface area contributed by atoms with Crippen LogP contribution < -0.4 is 5.73 Å². The second-order valence-corrected chi connectivity index (χ2v) is 4.00. The maximum atomic E-state index is 5.17. The summed E-state index contributed by atoms with van der Waals surface area (Å²) >= 11 is 0.902. The molecule has 0 aliphatic heterocycles. The van der Waals surface area contributed by atoms with Crippen molar-refractivity contribution < 1.29 is 0 Å². The van der Waals surface area contributed by atoms with Crippen LogP contribution in [0.1, 0.15) is 6.42 Å². The summed E-state index contributed by atoms with van der Waals surface area (Å²) in [5, 5.41) is 0. The molecule has 5 heavy (non-hydrogen) atoms. The van der Waals surface area contributed by atoms with Crippen LogP contribution in [0, 0.1) is 0 Å². The summed E-state index contributed by atoms with van der Waals surface area (Å²) in [6.45, 7) is 0.896. The van der Waals surface area contributed by atoms with Crippen molar-refractivity contribution in [2.45, 2.75) is 10.6 Å². The Morgan fingerprint density at radius 3 is 2.20 bits per heavy atom. The van der Waals surface area contributed by atoms with E-state index in [1.54, 1.807) is 0 Å². The summed E-state index contributed by atoms with van der Waals surface area (Å²) in [6.07, 6.45) is 1.26. The summed E-state index contributed by atoms with van der Waals surface area (Å²) in [6, 6.07) is 0. The van der Waals surface area contributed by atoms with E-state index in [-0.39, 0.29) is 0 Å². The summed E-state index contributed by atoms with van der Waals surface area (Å²) in [5.41, 5.74) is 5.17. The fourth-order valence-corrected chi connectivity index (χ4v) is 1.37. The molecule has 0 unspecified atom stereocenters. The second-order valence-electron chi connectivity index (χ2n) is 1.14. The Labute approximate surface area is 47.5 Å². The van der Waals surface area contributed by atoms with Gasteiger partial charge < -0.3 is 0 Å². The van der Waals surface area contributed by atoms with E-state index in [0.717, 1.165) is 30.9 Å². The SMILES string of the molecule is NCC[CH2][InH2]. The van der Waals surface area contributed by atoms with Crippen LogP contribution in [0.2, 0.25) is 4.18 Å². The van der Waals surface area contributed by atoms with Gasteiger partial charge >= 0.3 is 47.3 Å². The molecule has 0 aromatic heterocycles. The quantitative estimate of drug-likeness (QED) is 0.594. The number of nitrogens with two attached hydrogens (primary N) is 1. The van der Waals surface area contributed by atoms with Crippen LogP contribution in [0.3, 0.4) is 0 Å². The normalized spacial score (nSPS) is 8.20. The molecule has 0 heterocycles. The fourth-order valence-electron chi connectivity index (χ4n) is 0.204. The second kappa shape index (κ2) is 4.83. The third-order valence-electron chi connectivity index (χ3n) is 0.558. The summed E-state index contributed by atoms with van der Waals surface area (Å²) in [7, 11) is 0. The van der Waals surface area contributed by atoms with Crippen LogP contribution in [-0.4, -0.2) is 30.9 Å². The molecule has 2 heteroatoms. The molecular weight excluding hydrogens is 165 g/mol. The van der Waals surface area contributed by atoms with E-state index in [0.29, 0.717) is 0 Å². The first kappa shape index (κ1) is 5.83. The van der Waals surface area contributed by atoms with Crippen LogP contribution in [0.4, 0.5) is 0 Å². The first-order valence-electron chi connectivity index (χ1n) is 2.12. The van der Waals surface area contributed by atoms with Gasteiger partial charge in [0.25, 0.3) is 0 Å². The molecule has 2 N–H and O–H groups in total. The Morgan fingerprint density at radius 2 is 2.20 bits per heavy atom. The molecular formula is C3H10InN. The number of hydrogen-bond acceptors (Lipinski definition) is 1.